The van der Waals surface area contributed by atoms with Crippen molar-refractivity contribution in [3.8, 4) is 0 Å². The van der Waals surface area contributed by atoms with Gasteiger partial charge in [-0.25, -0.2) is 0 Å². The first-order chi connectivity index (χ1) is 5.77. The van der Waals surface area contributed by atoms with Crippen LogP contribution in [-0.4, -0.2) is 35.2 Å². The molecule has 1 aliphatic carbocycles. The molecule has 0 aromatic heterocycles. The van der Waals surface area contributed by atoms with Gasteiger partial charge in [0.2, 0.25) is 0 Å². The molecular weight excluding hydrogens is 150 g/mol. The van der Waals surface area contributed by atoms with Crippen LogP contribution in [0.25, 0.3) is 0 Å². The fourth-order valence-electron chi connectivity index (χ4n) is 2.54. The van der Waals surface area contributed by atoms with Crippen LogP contribution in [-0.2, 0) is 0 Å². The summed E-state index contributed by atoms with van der Waals surface area (Å²) in [6.45, 7) is 4.70. The molecule has 2 fully saturated rings. The maximum Gasteiger partial charge on any atom is 0.0695 e. The van der Waals surface area contributed by atoms with E-state index in [9.17, 15) is 5.11 Å². The van der Waals surface area contributed by atoms with Gasteiger partial charge in [0.15, 0.2) is 0 Å². The summed E-state index contributed by atoms with van der Waals surface area (Å²) in [5, 5.41) is 9.75. The fraction of sp³-hybridized carbons (Fsp3) is 1.00. The lowest BCUT2D eigenvalue weighted by molar-refractivity contribution is -0.0313. The van der Waals surface area contributed by atoms with Gasteiger partial charge in [-0.2, -0.15) is 0 Å². The summed E-state index contributed by atoms with van der Waals surface area (Å²) in [5.41, 5.74) is 0. The third-order valence-electron chi connectivity index (χ3n) is 3.26. The number of likely N-dealkylation sites (tertiary alicyclic amines) is 1. The Balaban J connectivity index is 1.85. The molecular formula is C10H19NO. The lowest BCUT2D eigenvalue weighted by atomic mass is 9.87. The van der Waals surface area contributed by atoms with Gasteiger partial charge in [-0.05, 0) is 18.8 Å². The SMILES string of the molecule is CC1CN(C2CCCCC2O)C1. The average molecular weight is 169 g/mol. The van der Waals surface area contributed by atoms with Crippen LogP contribution in [0, 0.1) is 5.92 Å². The second-order valence-electron chi connectivity index (χ2n) is 4.48. The molecule has 0 bridgehead atoms. The Morgan fingerprint density at radius 1 is 1.17 bits per heavy atom. The highest BCUT2D eigenvalue weighted by Gasteiger charge is 2.34. The third kappa shape index (κ3) is 1.50. The first-order valence-electron chi connectivity index (χ1n) is 5.19. The van der Waals surface area contributed by atoms with Crippen LogP contribution in [0.5, 0.6) is 0 Å². The third-order valence-corrected chi connectivity index (χ3v) is 3.26. The Kier molecular flexibility index (Phi) is 2.37. The minimum Gasteiger partial charge on any atom is -0.391 e. The van der Waals surface area contributed by atoms with Gasteiger partial charge >= 0.3 is 0 Å². The summed E-state index contributed by atoms with van der Waals surface area (Å²) in [6, 6.07) is 0.495. The molecule has 0 amide bonds. The minimum absolute atomic E-state index is 0.0359. The van der Waals surface area contributed by atoms with Crippen molar-refractivity contribution in [3.63, 3.8) is 0 Å². The Bertz CT molecular complexity index is 154. The first kappa shape index (κ1) is 8.52. The van der Waals surface area contributed by atoms with Gasteiger partial charge in [0.05, 0.1) is 6.10 Å². The van der Waals surface area contributed by atoms with Gasteiger partial charge < -0.3 is 5.11 Å². The van der Waals surface area contributed by atoms with Gasteiger partial charge in [-0.3, -0.25) is 4.90 Å². The topological polar surface area (TPSA) is 23.5 Å². The van der Waals surface area contributed by atoms with E-state index in [4.69, 9.17) is 0 Å². The van der Waals surface area contributed by atoms with Crippen molar-refractivity contribution in [2.24, 2.45) is 5.92 Å². The molecule has 2 atom stereocenters. The van der Waals surface area contributed by atoms with Gasteiger partial charge in [-0.1, -0.05) is 19.8 Å². The molecule has 1 heterocycles. The molecule has 2 unspecified atom stereocenters. The lowest BCUT2D eigenvalue weighted by Gasteiger charge is -2.46. The van der Waals surface area contributed by atoms with Crippen LogP contribution in [0.15, 0.2) is 0 Å². The van der Waals surface area contributed by atoms with E-state index >= 15 is 0 Å². The second kappa shape index (κ2) is 3.35. The van der Waals surface area contributed by atoms with Crippen LogP contribution < -0.4 is 0 Å². The molecule has 1 saturated carbocycles. The van der Waals surface area contributed by atoms with Crippen molar-refractivity contribution in [3.05, 3.63) is 0 Å². The van der Waals surface area contributed by atoms with Gasteiger partial charge in [0.1, 0.15) is 0 Å². The second-order valence-corrected chi connectivity index (χ2v) is 4.48. The summed E-state index contributed by atoms with van der Waals surface area (Å²) in [7, 11) is 0. The Morgan fingerprint density at radius 3 is 2.42 bits per heavy atom. The van der Waals surface area contributed by atoms with E-state index in [2.05, 4.69) is 11.8 Å². The quantitative estimate of drug-likeness (QED) is 0.638. The predicted octanol–water partition coefficient (Wildman–Crippen LogP) is 1.24. The summed E-state index contributed by atoms with van der Waals surface area (Å²) < 4.78 is 0. The zero-order valence-corrected chi connectivity index (χ0v) is 7.87. The van der Waals surface area contributed by atoms with Crippen LogP contribution in [0.4, 0.5) is 0 Å². The molecule has 1 saturated heterocycles. The van der Waals surface area contributed by atoms with E-state index in [0.717, 1.165) is 12.3 Å². The Morgan fingerprint density at radius 2 is 1.83 bits per heavy atom. The minimum atomic E-state index is -0.0359. The van der Waals surface area contributed by atoms with Crippen LogP contribution in [0.2, 0.25) is 0 Å². The zero-order chi connectivity index (χ0) is 8.55. The number of hydrogen-bond donors (Lipinski definition) is 1. The van der Waals surface area contributed by atoms with Crippen molar-refractivity contribution >= 4 is 0 Å². The first-order valence-corrected chi connectivity index (χ1v) is 5.19. The number of rotatable bonds is 1. The standard InChI is InChI=1S/C10H19NO/c1-8-6-11(7-8)9-4-2-3-5-10(9)12/h8-10,12H,2-7H2,1H3. The predicted molar refractivity (Wildman–Crippen MR) is 49.0 cm³/mol. The molecule has 1 N–H and O–H groups in total. The highest BCUT2D eigenvalue weighted by Crippen LogP contribution is 2.28. The summed E-state index contributed by atoms with van der Waals surface area (Å²) >= 11 is 0. The van der Waals surface area contributed by atoms with E-state index in [1.54, 1.807) is 0 Å². The smallest absolute Gasteiger partial charge is 0.0695 e. The molecule has 2 aliphatic rings. The van der Waals surface area contributed by atoms with E-state index in [1.807, 2.05) is 0 Å². The van der Waals surface area contributed by atoms with E-state index in [1.165, 1.54) is 32.4 Å². The number of hydrogen-bond acceptors (Lipinski definition) is 2. The Labute approximate surface area is 74.6 Å². The van der Waals surface area contributed by atoms with Gasteiger partial charge in [0.25, 0.3) is 0 Å². The molecule has 0 spiro atoms. The molecule has 0 aromatic rings. The molecule has 70 valence electrons. The molecule has 2 nitrogen and oxygen atoms in total. The monoisotopic (exact) mass is 169 g/mol. The van der Waals surface area contributed by atoms with Crippen molar-refractivity contribution in [1.29, 1.82) is 0 Å². The largest absolute Gasteiger partial charge is 0.391 e. The molecule has 1 aliphatic heterocycles. The van der Waals surface area contributed by atoms with Gasteiger partial charge in [-0.15, -0.1) is 0 Å². The molecule has 12 heavy (non-hydrogen) atoms. The van der Waals surface area contributed by atoms with Crippen molar-refractivity contribution in [2.45, 2.75) is 44.8 Å². The molecule has 0 radical (unpaired) electrons. The van der Waals surface area contributed by atoms with Crippen LogP contribution >= 0.6 is 0 Å². The lowest BCUT2D eigenvalue weighted by Crippen LogP contribution is -2.55. The fourth-order valence-corrected chi connectivity index (χ4v) is 2.54. The van der Waals surface area contributed by atoms with Gasteiger partial charge in [0, 0.05) is 19.1 Å². The maximum absolute atomic E-state index is 9.75. The molecule has 2 rings (SSSR count). The van der Waals surface area contributed by atoms with Crippen molar-refractivity contribution in [2.75, 3.05) is 13.1 Å². The summed E-state index contributed by atoms with van der Waals surface area (Å²) in [4.78, 5) is 2.45. The molecule has 0 aromatic carbocycles. The highest BCUT2D eigenvalue weighted by molar-refractivity contribution is 4.89. The zero-order valence-electron chi connectivity index (χ0n) is 7.87. The van der Waals surface area contributed by atoms with E-state index in [0.29, 0.717) is 6.04 Å². The average Bonchev–Trinajstić information content (AvgIpc) is 2.01. The Hall–Kier alpha value is -0.0800. The highest BCUT2D eigenvalue weighted by atomic mass is 16.3. The number of nitrogens with zero attached hydrogens (tertiary/aromatic N) is 1. The van der Waals surface area contributed by atoms with E-state index in [-0.39, 0.29) is 6.10 Å². The van der Waals surface area contributed by atoms with Crippen LogP contribution in [0.3, 0.4) is 0 Å². The summed E-state index contributed by atoms with van der Waals surface area (Å²) in [5.74, 6) is 0.860. The molecule has 2 heteroatoms. The number of aliphatic hydroxyl groups is 1. The van der Waals surface area contributed by atoms with Crippen LogP contribution in [0.1, 0.15) is 32.6 Å². The van der Waals surface area contributed by atoms with Crippen molar-refractivity contribution in [1.82, 2.24) is 4.90 Å². The maximum atomic E-state index is 9.75. The number of aliphatic hydroxyl groups excluding tert-OH is 1. The van der Waals surface area contributed by atoms with Crippen molar-refractivity contribution < 1.29 is 5.11 Å². The normalized spacial score (nSPS) is 39.5. The summed E-state index contributed by atoms with van der Waals surface area (Å²) in [6.07, 6.45) is 4.74. The van der Waals surface area contributed by atoms with E-state index < -0.39 is 0 Å².